The monoisotopic (exact) mass is 362 g/mol. The molecule has 1 aliphatic heterocycles. The fraction of sp³-hybridized carbons (Fsp3) is 0.955. The van der Waals surface area contributed by atoms with Crippen molar-refractivity contribution in [3.05, 3.63) is 0 Å². The lowest BCUT2D eigenvalue weighted by atomic mass is 9.44. The third kappa shape index (κ3) is 2.10. The topological polar surface area (TPSA) is 55.8 Å². The lowest BCUT2D eigenvalue weighted by Crippen LogP contribution is -2.60. The quantitative estimate of drug-likeness (QED) is 0.714. The average molecular weight is 363 g/mol. The van der Waals surface area contributed by atoms with Gasteiger partial charge in [-0.2, -0.15) is 0 Å². The smallest absolute Gasteiger partial charge is 0.168 e. The maximum Gasteiger partial charge on any atom is 0.168 e. The highest BCUT2D eigenvalue weighted by Crippen LogP contribution is 2.68. The summed E-state index contributed by atoms with van der Waals surface area (Å²) >= 11 is 0. The number of carbonyl (C=O) groups excluding carboxylic acids is 1. The van der Waals surface area contributed by atoms with Gasteiger partial charge in [0.2, 0.25) is 0 Å². The molecule has 1 N–H and O–H groups in total. The molecule has 1 saturated heterocycles. The molecular weight excluding hydrogens is 328 g/mol. The normalized spacial score (nSPS) is 55.5. The molecule has 1 spiro atoms. The second-order valence-electron chi connectivity index (χ2n) is 10.7. The second kappa shape index (κ2) is 5.33. The van der Waals surface area contributed by atoms with Crippen molar-refractivity contribution in [1.29, 1.82) is 0 Å². The Kier molecular flexibility index (Phi) is 3.61. The highest BCUT2D eigenvalue weighted by Gasteiger charge is 2.66. The molecular formula is C22H34O4. The van der Waals surface area contributed by atoms with Crippen molar-refractivity contribution in [2.24, 2.45) is 34.5 Å². The zero-order valence-electron chi connectivity index (χ0n) is 16.6. The van der Waals surface area contributed by atoms with E-state index in [1.165, 1.54) is 0 Å². The number of ketones is 1. The average Bonchev–Trinajstić information content (AvgIpc) is 3.13. The van der Waals surface area contributed by atoms with Crippen LogP contribution in [0.1, 0.15) is 72.1 Å². The van der Waals surface area contributed by atoms with Crippen LogP contribution in [0.3, 0.4) is 0 Å². The molecule has 4 saturated carbocycles. The molecule has 4 heteroatoms. The zero-order chi connectivity index (χ0) is 18.4. The Bertz CT molecular complexity index is 622. The molecule has 146 valence electrons. The lowest BCUT2D eigenvalue weighted by molar-refractivity contribution is -0.228. The zero-order valence-corrected chi connectivity index (χ0v) is 16.6. The van der Waals surface area contributed by atoms with E-state index in [2.05, 4.69) is 13.8 Å². The maximum atomic E-state index is 13.4. The summed E-state index contributed by atoms with van der Waals surface area (Å²) in [5.41, 5.74) is -0.502. The molecule has 5 rings (SSSR count). The fourth-order valence-corrected chi connectivity index (χ4v) is 7.88. The molecule has 26 heavy (non-hydrogen) atoms. The summed E-state index contributed by atoms with van der Waals surface area (Å²) in [6, 6.07) is 0. The standard InChI is InChI=1S/C22H34O4/c1-19-8-9-22(25-10-11-26-22)13-14(19)12-17(23)18-15(19)4-6-20(2)16(18)5-7-21(20,3)24/h14-16,18,24H,4-13H2,1-3H3/t14-,15-,16-,18+,19-,20-,21-/m0/s1. The molecule has 5 aliphatic rings. The van der Waals surface area contributed by atoms with E-state index in [9.17, 15) is 9.90 Å². The predicted octanol–water partition coefficient (Wildman–Crippen LogP) is 3.70. The Morgan fingerprint density at radius 2 is 1.65 bits per heavy atom. The molecule has 5 fully saturated rings. The van der Waals surface area contributed by atoms with E-state index in [0.717, 1.165) is 44.9 Å². The second-order valence-corrected chi connectivity index (χ2v) is 10.7. The molecule has 0 aromatic heterocycles. The summed E-state index contributed by atoms with van der Waals surface area (Å²) in [5.74, 6) is 1.42. The number of carbonyl (C=O) groups is 1. The summed E-state index contributed by atoms with van der Waals surface area (Å²) in [5, 5.41) is 11.0. The minimum Gasteiger partial charge on any atom is -0.390 e. The number of fused-ring (bicyclic) bond motifs is 5. The Morgan fingerprint density at radius 1 is 0.962 bits per heavy atom. The van der Waals surface area contributed by atoms with E-state index in [4.69, 9.17) is 9.47 Å². The van der Waals surface area contributed by atoms with E-state index >= 15 is 0 Å². The third-order valence-electron chi connectivity index (χ3n) is 9.85. The summed E-state index contributed by atoms with van der Waals surface area (Å²) < 4.78 is 12.0. The van der Waals surface area contributed by atoms with Crippen molar-refractivity contribution in [2.75, 3.05) is 13.2 Å². The maximum absolute atomic E-state index is 13.4. The van der Waals surface area contributed by atoms with E-state index < -0.39 is 11.4 Å². The van der Waals surface area contributed by atoms with Gasteiger partial charge in [-0.3, -0.25) is 4.79 Å². The minimum absolute atomic E-state index is 0.0966. The predicted molar refractivity (Wildman–Crippen MR) is 97.4 cm³/mol. The van der Waals surface area contributed by atoms with Gasteiger partial charge in [-0.1, -0.05) is 13.8 Å². The van der Waals surface area contributed by atoms with Gasteiger partial charge in [0.25, 0.3) is 0 Å². The number of hydrogen-bond acceptors (Lipinski definition) is 4. The van der Waals surface area contributed by atoms with Crippen molar-refractivity contribution in [2.45, 2.75) is 83.5 Å². The summed E-state index contributed by atoms with van der Waals surface area (Å²) in [6.45, 7) is 8.08. The minimum atomic E-state index is -0.622. The molecule has 0 radical (unpaired) electrons. The molecule has 0 bridgehead atoms. The van der Waals surface area contributed by atoms with E-state index in [1.807, 2.05) is 6.92 Å². The van der Waals surface area contributed by atoms with Gasteiger partial charge in [-0.05, 0) is 67.6 Å². The number of ether oxygens (including phenoxy) is 2. The van der Waals surface area contributed by atoms with Crippen LogP contribution in [0.4, 0.5) is 0 Å². The number of Topliss-reactive ketones (excluding diaryl/α,β-unsaturated/α-hetero) is 1. The first-order valence-corrected chi connectivity index (χ1v) is 10.7. The molecule has 0 amide bonds. The number of rotatable bonds is 0. The number of aliphatic hydroxyl groups is 1. The van der Waals surface area contributed by atoms with Gasteiger partial charge < -0.3 is 14.6 Å². The molecule has 0 unspecified atom stereocenters. The first-order chi connectivity index (χ1) is 12.2. The molecule has 0 aromatic rings. The Morgan fingerprint density at radius 3 is 2.38 bits per heavy atom. The highest BCUT2D eigenvalue weighted by atomic mass is 16.7. The lowest BCUT2D eigenvalue weighted by Gasteiger charge is -2.61. The van der Waals surface area contributed by atoms with Crippen LogP contribution in [0.15, 0.2) is 0 Å². The number of hydrogen-bond donors (Lipinski definition) is 1. The van der Waals surface area contributed by atoms with Gasteiger partial charge in [0, 0.05) is 25.2 Å². The van der Waals surface area contributed by atoms with Crippen molar-refractivity contribution < 1.29 is 19.4 Å². The fourth-order valence-electron chi connectivity index (χ4n) is 7.88. The van der Waals surface area contributed by atoms with E-state index in [1.54, 1.807) is 0 Å². The van der Waals surface area contributed by atoms with Gasteiger partial charge in [-0.25, -0.2) is 0 Å². The van der Waals surface area contributed by atoms with Crippen molar-refractivity contribution in [1.82, 2.24) is 0 Å². The van der Waals surface area contributed by atoms with E-state index in [-0.39, 0.29) is 16.7 Å². The largest absolute Gasteiger partial charge is 0.390 e. The summed E-state index contributed by atoms with van der Waals surface area (Å²) in [6.07, 6.45) is 7.63. The molecule has 4 aliphatic carbocycles. The van der Waals surface area contributed by atoms with Crippen LogP contribution in [0.25, 0.3) is 0 Å². The van der Waals surface area contributed by atoms with Crippen LogP contribution < -0.4 is 0 Å². The third-order valence-corrected chi connectivity index (χ3v) is 9.85. The van der Waals surface area contributed by atoms with Crippen LogP contribution in [-0.2, 0) is 14.3 Å². The molecule has 1 heterocycles. The summed E-state index contributed by atoms with van der Waals surface area (Å²) in [7, 11) is 0. The van der Waals surface area contributed by atoms with Crippen LogP contribution >= 0.6 is 0 Å². The Hall–Kier alpha value is -0.450. The highest BCUT2D eigenvalue weighted by molar-refractivity contribution is 5.83. The van der Waals surface area contributed by atoms with Gasteiger partial charge in [-0.15, -0.1) is 0 Å². The van der Waals surface area contributed by atoms with E-state index in [0.29, 0.717) is 43.2 Å². The summed E-state index contributed by atoms with van der Waals surface area (Å²) in [4.78, 5) is 13.4. The molecule has 7 atom stereocenters. The molecule has 0 aromatic carbocycles. The van der Waals surface area contributed by atoms with Crippen molar-refractivity contribution in [3.63, 3.8) is 0 Å². The van der Waals surface area contributed by atoms with Gasteiger partial charge in [0.15, 0.2) is 5.79 Å². The van der Waals surface area contributed by atoms with Crippen LogP contribution in [0.5, 0.6) is 0 Å². The first kappa shape index (κ1) is 17.6. The van der Waals surface area contributed by atoms with Crippen molar-refractivity contribution in [3.8, 4) is 0 Å². The first-order valence-electron chi connectivity index (χ1n) is 10.7. The van der Waals surface area contributed by atoms with Crippen molar-refractivity contribution >= 4 is 5.78 Å². The van der Waals surface area contributed by atoms with Crippen LogP contribution in [0, 0.1) is 34.5 Å². The SMILES string of the molecule is C[C@]12CCC3(C[C@@H]1CC(=O)[C@@H]1[C@@H]2CC[C@@]2(C)[C@H]1CC[C@]2(C)O)OCCO3. The van der Waals surface area contributed by atoms with Crippen LogP contribution in [-0.4, -0.2) is 35.5 Å². The van der Waals surface area contributed by atoms with Crippen LogP contribution in [0.2, 0.25) is 0 Å². The van der Waals surface area contributed by atoms with Gasteiger partial charge >= 0.3 is 0 Å². The molecule has 4 nitrogen and oxygen atoms in total. The van der Waals surface area contributed by atoms with Gasteiger partial charge in [0.1, 0.15) is 5.78 Å². The Balaban J connectivity index is 1.47. The Labute approximate surface area is 157 Å². The van der Waals surface area contributed by atoms with Gasteiger partial charge in [0.05, 0.1) is 18.8 Å².